The number of hydrogen-bond donors (Lipinski definition) is 1. The number of nitrogens with one attached hydrogen (secondary N) is 1. The average Bonchev–Trinajstić information content (AvgIpc) is 2.19. The quantitative estimate of drug-likeness (QED) is 0.846. The zero-order valence-corrected chi connectivity index (χ0v) is 10.9. The molecular weight excluding hydrogens is 270 g/mol. The number of fused-ring (bicyclic) bond motifs is 1. The van der Waals surface area contributed by atoms with Gasteiger partial charge in [-0.15, -0.1) is 0 Å². The Morgan fingerprint density at radius 3 is 3.00 bits per heavy atom. The topological polar surface area (TPSA) is 38.3 Å². The number of hydrogen-bond acceptors (Lipinski definition) is 3. The summed E-state index contributed by atoms with van der Waals surface area (Å²) in [5.74, 6) is -0.236. The molecule has 4 heteroatoms. The van der Waals surface area contributed by atoms with Crippen molar-refractivity contribution in [2.24, 2.45) is 0 Å². The zero-order valence-electron chi connectivity index (χ0n) is 9.34. The van der Waals surface area contributed by atoms with Crippen LogP contribution in [0.3, 0.4) is 0 Å². The Bertz CT molecular complexity index is 433. The highest BCUT2D eigenvalue weighted by molar-refractivity contribution is 9.10. The van der Waals surface area contributed by atoms with E-state index in [-0.39, 0.29) is 5.97 Å². The molecule has 0 saturated heterocycles. The molecule has 1 aromatic carbocycles. The van der Waals surface area contributed by atoms with Crippen LogP contribution in [0.15, 0.2) is 22.7 Å². The van der Waals surface area contributed by atoms with Crippen molar-refractivity contribution < 1.29 is 9.53 Å². The minimum absolute atomic E-state index is 0.236. The fraction of sp³-hybridized carbons (Fsp3) is 0.417. The standard InChI is InChI=1S/C12H14BrNO2/c1-12(7-14-2)6-8-3-4-9(13)5-10(8)11(15)16-12/h3-5,14H,6-7H2,1-2H3. The van der Waals surface area contributed by atoms with Gasteiger partial charge in [0.05, 0.1) is 5.56 Å². The van der Waals surface area contributed by atoms with Crippen molar-refractivity contribution in [3.05, 3.63) is 33.8 Å². The van der Waals surface area contributed by atoms with Gasteiger partial charge in [-0.2, -0.15) is 0 Å². The summed E-state index contributed by atoms with van der Waals surface area (Å²) in [6.07, 6.45) is 0.752. The fourth-order valence-corrected chi connectivity index (χ4v) is 2.44. The van der Waals surface area contributed by atoms with Crippen molar-refractivity contribution in [2.45, 2.75) is 18.9 Å². The van der Waals surface area contributed by atoms with Crippen LogP contribution in [0.4, 0.5) is 0 Å². The number of halogens is 1. The molecule has 1 aliphatic heterocycles. The summed E-state index contributed by atoms with van der Waals surface area (Å²) < 4.78 is 6.38. The normalized spacial score (nSPS) is 23.8. The third-order valence-corrected chi connectivity index (χ3v) is 3.24. The van der Waals surface area contributed by atoms with Crippen LogP contribution in [0.5, 0.6) is 0 Å². The lowest BCUT2D eigenvalue weighted by atomic mass is 9.90. The minimum atomic E-state index is -0.438. The molecule has 0 saturated carbocycles. The maximum atomic E-state index is 11.9. The summed E-state index contributed by atoms with van der Waals surface area (Å²) in [5.41, 5.74) is 1.28. The molecule has 0 aliphatic carbocycles. The molecule has 1 aromatic rings. The van der Waals surface area contributed by atoms with E-state index < -0.39 is 5.60 Å². The number of esters is 1. The molecule has 0 aromatic heterocycles. The van der Waals surface area contributed by atoms with Gasteiger partial charge in [0.15, 0.2) is 0 Å². The molecule has 1 unspecified atom stereocenters. The van der Waals surface area contributed by atoms with Crippen LogP contribution >= 0.6 is 15.9 Å². The second-order valence-corrected chi connectivity index (χ2v) is 5.26. The Morgan fingerprint density at radius 2 is 2.31 bits per heavy atom. The van der Waals surface area contributed by atoms with Crippen molar-refractivity contribution in [2.75, 3.05) is 13.6 Å². The molecule has 86 valence electrons. The zero-order chi connectivity index (χ0) is 11.8. The second kappa shape index (κ2) is 4.18. The first-order valence-electron chi connectivity index (χ1n) is 5.20. The van der Waals surface area contributed by atoms with E-state index in [2.05, 4.69) is 21.2 Å². The monoisotopic (exact) mass is 283 g/mol. The summed E-state index contributed by atoms with van der Waals surface area (Å²) in [6, 6.07) is 5.75. The van der Waals surface area contributed by atoms with Crippen LogP contribution in [0.25, 0.3) is 0 Å². The van der Waals surface area contributed by atoms with Gasteiger partial charge in [-0.25, -0.2) is 4.79 Å². The summed E-state index contributed by atoms with van der Waals surface area (Å²) in [6.45, 7) is 2.61. The van der Waals surface area contributed by atoms with E-state index in [1.807, 2.05) is 32.2 Å². The SMILES string of the molecule is CNCC1(C)Cc2ccc(Br)cc2C(=O)O1. The first-order valence-corrected chi connectivity index (χ1v) is 6.00. The molecule has 1 N–H and O–H groups in total. The van der Waals surface area contributed by atoms with E-state index >= 15 is 0 Å². The van der Waals surface area contributed by atoms with Crippen LogP contribution in [0.2, 0.25) is 0 Å². The van der Waals surface area contributed by atoms with E-state index in [4.69, 9.17) is 4.74 Å². The predicted molar refractivity (Wildman–Crippen MR) is 65.6 cm³/mol. The molecule has 16 heavy (non-hydrogen) atoms. The van der Waals surface area contributed by atoms with E-state index in [0.29, 0.717) is 12.1 Å². The number of carbonyl (C=O) groups is 1. The van der Waals surface area contributed by atoms with Crippen molar-refractivity contribution in [3.63, 3.8) is 0 Å². The largest absolute Gasteiger partial charge is 0.454 e. The fourth-order valence-electron chi connectivity index (χ4n) is 2.08. The highest BCUT2D eigenvalue weighted by Crippen LogP contribution is 2.29. The van der Waals surface area contributed by atoms with Crippen LogP contribution in [0.1, 0.15) is 22.8 Å². The highest BCUT2D eigenvalue weighted by atomic mass is 79.9. The van der Waals surface area contributed by atoms with E-state index in [1.54, 1.807) is 0 Å². The number of likely N-dealkylation sites (N-methyl/N-ethyl adjacent to an activating group) is 1. The molecule has 2 rings (SSSR count). The van der Waals surface area contributed by atoms with E-state index in [9.17, 15) is 4.79 Å². The van der Waals surface area contributed by atoms with Gasteiger partial charge in [0.2, 0.25) is 0 Å². The summed E-state index contributed by atoms with van der Waals surface area (Å²) >= 11 is 3.36. The maximum absolute atomic E-state index is 11.9. The number of cyclic esters (lactones) is 1. The smallest absolute Gasteiger partial charge is 0.339 e. The van der Waals surface area contributed by atoms with Crippen LogP contribution < -0.4 is 5.32 Å². The van der Waals surface area contributed by atoms with Crippen LogP contribution in [0, 0.1) is 0 Å². The van der Waals surface area contributed by atoms with Crippen LogP contribution in [-0.2, 0) is 11.2 Å². The van der Waals surface area contributed by atoms with Gasteiger partial charge in [-0.05, 0) is 31.7 Å². The van der Waals surface area contributed by atoms with E-state index in [1.165, 1.54) is 0 Å². The first kappa shape index (κ1) is 11.6. The summed E-state index contributed by atoms with van der Waals surface area (Å²) in [4.78, 5) is 11.9. The molecule has 0 spiro atoms. The molecule has 1 aliphatic rings. The van der Waals surface area contributed by atoms with Gasteiger partial charge in [0.25, 0.3) is 0 Å². The molecule has 0 fully saturated rings. The molecule has 0 radical (unpaired) electrons. The lowest BCUT2D eigenvalue weighted by Gasteiger charge is -2.34. The molecule has 1 atom stereocenters. The van der Waals surface area contributed by atoms with Gasteiger partial charge in [0.1, 0.15) is 5.60 Å². The highest BCUT2D eigenvalue weighted by Gasteiger charge is 2.35. The van der Waals surface area contributed by atoms with Crippen molar-refractivity contribution >= 4 is 21.9 Å². The maximum Gasteiger partial charge on any atom is 0.339 e. The molecule has 1 heterocycles. The molecule has 3 nitrogen and oxygen atoms in total. The number of ether oxygens (including phenoxy) is 1. The summed E-state index contributed by atoms with van der Waals surface area (Å²) in [7, 11) is 1.86. The second-order valence-electron chi connectivity index (χ2n) is 4.35. The Balaban J connectivity index is 2.37. The van der Waals surface area contributed by atoms with Gasteiger partial charge >= 0.3 is 5.97 Å². The van der Waals surface area contributed by atoms with Gasteiger partial charge in [-0.3, -0.25) is 0 Å². The van der Waals surface area contributed by atoms with Crippen molar-refractivity contribution in [1.29, 1.82) is 0 Å². The third kappa shape index (κ3) is 2.13. The van der Waals surface area contributed by atoms with Gasteiger partial charge in [0, 0.05) is 17.4 Å². The predicted octanol–water partition coefficient (Wildman–Crippen LogP) is 2.14. The Hall–Kier alpha value is -0.870. The number of carbonyl (C=O) groups excluding carboxylic acids is 1. The lowest BCUT2D eigenvalue weighted by Crippen LogP contribution is -2.46. The van der Waals surface area contributed by atoms with E-state index in [0.717, 1.165) is 16.5 Å². The average molecular weight is 284 g/mol. The Kier molecular flexibility index (Phi) is 3.04. The van der Waals surface area contributed by atoms with Crippen LogP contribution in [-0.4, -0.2) is 25.2 Å². The number of rotatable bonds is 2. The van der Waals surface area contributed by atoms with Crippen molar-refractivity contribution in [3.8, 4) is 0 Å². The van der Waals surface area contributed by atoms with Gasteiger partial charge in [-0.1, -0.05) is 22.0 Å². The molecule has 0 amide bonds. The third-order valence-electron chi connectivity index (χ3n) is 2.75. The Labute approximate surface area is 103 Å². The Morgan fingerprint density at radius 1 is 1.56 bits per heavy atom. The lowest BCUT2D eigenvalue weighted by molar-refractivity contribution is -0.0140. The first-order chi connectivity index (χ1) is 7.54. The molecule has 0 bridgehead atoms. The van der Waals surface area contributed by atoms with Gasteiger partial charge < -0.3 is 10.1 Å². The summed E-state index contributed by atoms with van der Waals surface area (Å²) in [5, 5.41) is 3.05. The minimum Gasteiger partial charge on any atom is -0.454 e. The molecular formula is C12H14BrNO2. The van der Waals surface area contributed by atoms with Crippen molar-refractivity contribution in [1.82, 2.24) is 5.32 Å². The number of benzene rings is 1.